The summed E-state index contributed by atoms with van der Waals surface area (Å²) in [6.45, 7) is 0.543. The summed E-state index contributed by atoms with van der Waals surface area (Å²) in [5.74, 6) is 1.81. The molecule has 2 aromatic rings. The molecule has 0 N–H and O–H groups in total. The van der Waals surface area contributed by atoms with E-state index in [1.165, 1.54) is 11.8 Å². The Morgan fingerprint density at radius 2 is 1.89 bits per heavy atom. The largest absolute Gasteiger partial charge is 0.493 e. The fourth-order valence-electron chi connectivity index (χ4n) is 2.65. The molecular weight excluding hydrogens is 362 g/mol. The number of nitrogens with zero attached hydrogens (tertiary/aromatic N) is 3. The Bertz CT molecular complexity index is 853. The number of carbonyl (C=O) groups excluding carboxylic acids is 1. The topological polar surface area (TPSA) is 63.5 Å². The highest BCUT2D eigenvalue weighted by Crippen LogP contribution is 2.28. The van der Waals surface area contributed by atoms with E-state index in [-0.39, 0.29) is 5.91 Å². The Morgan fingerprint density at radius 3 is 2.63 bits per heavy atom. The van der Waals surface area contributed by atoms with Crippen LogP contribution in [0.2, 0.25) is 0 Å². The molecule has 0 spiro atoms. The van der Waals surface area contributed by atoms with Crippen LogP contribution in [-0.4, -0.2) is 48.7 Å². The molecule has 1 fully saturated rings. The zero-order chi connectivity index (χ0) is 19.1. The zero-order valence-electron chi connectivity index (χ0n) is 15.3. The van der Waals surface area contributed by atoms with Crippen molar-refractivity contribution in [3.8, 4) is 11.5 Å². The van der Waals surface area contributed by atoms with Crippen LogP contribution in [0.15, 0.2) is 58.7 Å². The van der Waals surface area contributed by atoms with Crippen molar-refractivity contribution in [2.45, 2.75) is 6.42 Å². The molecule has 6 nitrogen and oxygen atoms in total. The first-order valence-electron chi connectivity index (χ1n) is 8.51. The van der Waals surface area contributed by atoms with Gasteiger partial charge >= 0.3 is 0 Å². The molecule has 0 radical (unpaired) electrons. The minimum absolute atomic E-state index is 0.0501. The van der Waals surface area contributed by atoms with Gasteiger partial charge in [-0.25, -0.2) is 0 Å². The van der Waals surface area contributed by atoms with E-state index >= 15 is 0 Å². The molecule has 1 saturated heterocycles. The maximum Gasteiger partial charge on any atom is 0.239 e. The number of amidine groups is 1. The van der Waals surface area contributed by atoms with Gasteiger partial charge in [-0.1, -0.05) is 48.2 Å². The van der Waals surface area contributed by atoms with Crippen LogP contribution >= 0.6 is 11.8 Å². The molecule has 27 heavy (non-hydrogen) atoms. The van der Waals surface area contributed by atoms with Gasteiger partial charge in [0, 0.05) is 6.54 Å². The van der Waals surface area contributed by atoms with Crippen LogP contribution in [0.3, 0.4) is 0 Å². The third-order valence-electron chi connectivity index (χ3n) is 4.08. The second-order valence-corrected chi connectivity index (χ2v) is 6.75. The van der Waals surface area contributed by atoms with Gasteiger partial charge in [0.05, 0.1) is 26.2 Å². The number of rotatable bonds is 7. The van der Waals surface area contributed by atoms with Crippen molar-refractivity contribution in [3.63, 3.8) is 0 Å². The molecule has 2 aromatic carbocycles. The minimum Gasteiger partial charge on any atom is -0.493 e. The number of amides is 1. The summed E-state index contributed by atoms with van der Waals surface area (Å²) >= 11 is 1.41. The van der Waals surface area contributed by atoms with E-state index in [2.05, 4.69) is 10.2 Å². The smallest absolute Gasteiger partial charge is 0.239 e. The Labute approximate surface area is 162 Å². The molecule has 0 bridgehead atoms. The molecule has 3 rings (SSSR count). The highest BCUT2D eigenvalue weighted by molar-refractivity contribution is 8.15. The third kappa shape index (κ3) is 4.89. The van der Waals surface area contributed by atoms with E-state index in [1.54, 1.807) is 25.3 Å². The van der Waals surface area contributed by atoms with Crippen LogP contribution in [0.4, 0.5) is 0 Å². The highest BCUT2D eigenvalue weighted by Gasteiger charge is 2.28. The lowest BCUT2D eigenvalue weighted by Crippen LogP contribution is -2.31. The van der Waals surface area contributed by atoms with Crippen molar-refractivity contribution in [1.82, 2.24) is 4.90 Å². The van der Waals surface area contributed by atoms with Crippen LogP contribution in [0.25, 0.3) is 0 Å². The van der Waals surface area contributed by atoms with Crippen LogP contribution in [0.5, 0.6) is 11.5 Å². The average molecular weight is 383 g/mol. The third-order valence-corrected chi connectivity index (χ3v) is 5.03. The van der Waals surface area contributed by atoms with Gasteiger partial charge < -0.3 is 9.47 Å². The van der Waals surface area contributed by atoms with Crippen molar-refractivity contribution in [2.24, 2.45) is 10.2 Å². The van der Waals surface area contributed by atoms with Gasteiger partial charge in [-0.05, 0) is 29.7 Å². The van der Waals surface area contributed by atoms with Gasteiger partial charge in [0.25, 0.3) is 0 Å². The molecule has 1 aliphatic heterocycles. The highest BCUT2D eigenvalue weighted by atomic mass is 32.2. The first-order valence-corrected chi connectivity index (χ1v) is 9.50. The van der Waals surface area contributed by atoms with Gasteiger partial charge in [-0.2, -0.15) is 5.10 Å². The standard InChI is InChI=1S/C20H21N3O3S/c1-25-17-9-8-15(12-18(17)26-2)10-11-23-19(24)14-27-20(23)22-21-13-16-6-4-3-5-7-16/h3-9,12-13H,10-11,14H2,1-2H3/b21-13-,22-20+. The van der Waals surface area contributed by atoms with Crippen LogP contribution < -0.4 is 9.47 Å². The number of ether oxygens (including phenoxy) is 2. The van der Waals surface area contributed by atoms with Crippen LogP contribution in [0, 0.1) is 0 Å². The minimum atomic E-state index is 0.0501. The zero-order valence-corrected chi connectivity index (χ0v) is 16.1. The number of methoxy groups -OCH3 is 2. The number of benzene rings is 2. The summed E-state index contributed by atoms with van der Waals surface area (Å²) in [5.41, 5.74) is 2.03. The Kier molecular flexibility index (Phi) is 6.49. The maximum atomic E-state index is 12.2. The van der Waals surface area contributed by atoms with E-state index in [4.69, 9.17) is 9.47 Å². The summed E-state index contributed by atoms with van der Waals surface area (Å²) < 4.78 is 10.6. The molecule has 7 heteroatoms. The lowest BCUT2D eigenvalue weighted by molar-refractivity contribution is -0.124. The van der Waals surface area contributed by atoms with Gasteiger partial charge in [-0.15, -0.1) is 5.10 Å². The van der Waals surface area contributed by atoms with E-state index in [1.807, 2.05) is 48.5 Å². The quantitative estimate of drug-likeness (QED) is 0.544. The number of thioether (sulfide) groups is 1. The number of hydrogen-bond donors (Lipinski definition) is 0. The van der Waals surface area contributed by atoms with E-state index < -0.39 is 0 Å². The van der Waals surface area contributed by atoms with Gasteiger partial charge in [-0.3, -0.25) is 9.69 Å². The van der Waals surface area contributed by atoms with Crippen molar-refractivity contribution in [3.05, 3.63) is 59.7 Å². The van der Waals surface area contributed by atoms with Gasteiger partial charge in [0.15, 0.2) is 16.7 Å². The van der Waals surface area contributed by atoms with Crippen molar-refractivity contribution >= 4 is 29.1 Å². The summed E-state index contributed by atoms with van der Waals surface area (Å²) in [4.78, 5) is 13.9. The summed E-state index contributed by atoms with van der Waals surface area (Å²) in [6.07, 6.45) is 2.37. The van der Waals surface area contributed by atoms with E-state index in [9.17, 15) is 4.79 Å². The number of carbonyl (C=O) groups is 1. The average Bonchev–Trinajstić information content (AvgIpc) is 3.06. The molecule has 1 amide bonds. The van der Waals surface area contributed by atoms with Crippen LogP contribution in [0.1, 0.15) is 11.1 Å². The summed E-state index contributed by atoms with van der Waals surface area (Å²) in [5, 5.41) is 8.99. The molecule has 0 unspecified atom stereocenters. The normalized spacial score (nSPS) is 15.7. The summed E-state index contributed by atoms with van der Waals surface area (Å²) in [6, 6.07) is 15.5. The first kappa shape index (κ1) is 19.0. The monoisotopic (exact) mass is 383 g/mol. The second kappa shape index (κ2) is 9.23. The Morgan fingerprint density at radius 1 is 1.11 bits per heavy atom. The first-order chi connectivity index (χ1) is 13.2. The molecular formula is C20H21N3O3S. The fourth-order valence-corrected chi connectivity index (χ4v) is 3.52. The fraction of sp³-hybridized carbons (Fsp3) is 0.250. The Hall–Kier alpha value is -2.80. The lowest BCUT2D eigenvalue weighted by Gasteiger charge is -2.15. The van der Waals surface area contributed by atoms with Crippen LogP contribution in [-0.2, 0) is 11.2 Å². The number of hydrogen-bond acceptors (Lipinski definition) is 6. The lowest BCUT2D eigenvalue weighted by atomic mass is 10.1. The molecule has 0 aliphatic carbocycles. The molecule has 1 heterocycles. The summed E-state index contributed by atoms with van der Waals surface area (Å²) in [7, 11) is 3.22. The molecule has 140 valence electrons. The molecule has 0 atom stereocenters. The van der Waals surface area contributed by atoms with Crippen molar-refractivity contribution in [1.29, 1.82) is 0 Å². The molecule has 1 aliphatic rings. The predicted molar refractivity (Wildman–Crippen MR) is 109 cm³/mol. The van der Waals surface area contributed by atoms with Gasteiger partial charge in [0.2, 0.25) is 5.91 Å². The molecule has 0 saturated carbocycles. The SMILES string of the molecule is COc1ccc(CCN2C(=O)CS/C2=N/N=C\c2ccccc2)cc1OC. The molecule has 0 aromatic heterocycles. The van der Waals surface area contributed by atoms with E-state index in [0.717, 1.165) is 11.1 Å². The van der Waals surface area contributed by atoms with Crippen molar-refractivity contribution < 1.29 is 14.3 Å². The van der Waals surface area contributed by atoms with Gasteiger partial charge in [0.1, 0.15) is 0 Å². The Balaban J connectivity index is 1.66. The maximum absolute atomic E-state index is 12.2. The predicted octanol–water partition coefficient (Wildman–Crippen LogP) is 3.21. The van der Waals surface area contributed by atoms with E-state index in [0.29, 0.717) is 35.4 Å². The van der Waals surface area contributed by atoms with Crippen molar-refractivity contribution in [2.75, 3.05) is 26.5 Å². The second-order valence-electron chi connectivity index (χ2n) is 5.81.